The molecule has 1 aromatic heterocycles. The maximum atomic E-state index is 4.80. The summed E-state index contributed by atoms with van der Waals surface area (Å²) in [7, 11) is 0. The first kappa shape index (κ1) is 15.2. The maximum absolute atomic E-state index is 4.80. The van der Waals surface area contributed by atoms with Gasteiger partial charge in [0, 0.05) is 17.5 Å². The molecule has 108 valence electrons. The number of hydrogen-bond donors (Lipinski definition) is 0. The summed E-state index contributed by atoms with van der Waals surface area (Å²) in [5.74, 6) is 0. The second kappa shape index (κ2) is 7.00. The van der Waals surface area contributed by atoms with Crippen molar-refractivity contribution in [3.63, 3.8) is 0 Å². The van der Waals surface area contributed by atoms with Crippen molar-refractivity contribution in [3.8, 4) is 10.6 Å². The van der Waals surface area contributed by atoms with E-state index in [1.807, 2.05) is 0 Å². The first-order chi connectivity index (χ1) is 9.63. The molecule has 0 unspecified atom stereocenters. The zero-order valence-electron chi connectivity index (χ0n) is 12.9. The molecule has 0 aliphatic heterocycles. The van der Waals surface area contributed by atoms with Gasteiger partial charge in [-0.25, -0.2) is 4.98 Å². The fraction of sp³-hybridized carbons (Fsp3) is 0.471. The van der Waals surface area contributed by atoms with Gasteiger partial charge in [-0.3, -0.25) is 4.90 Å². The number of hydrogen-bond acceptors (Lipinski definition) is 3. The van der Waals surface area contributed by atoms with Gasteiger partial charge < -0.3 is 0 Å². The summed E-state index contributed by atoms with van der Waals surface area (Å²) in [6.07, 6.45) is 1.20. The zero-order chi connectivity index (χ0) is 14.5. The number of nitrogens with zero attached hydrogens (tertiary/aromatic N) is 2. The molecule has 2 nitrogen and oxygen atoms in total. The summed E-state index contributed by atoms with van der Waals surface area (Å²) in [5, 5.41) is 3.33. The van der Waals surface area contributed by atoms with E-state index in [1.54, 1.807) is 11.3 Å². The van der Waals surface area contributed by atoms with Crippen molar-refractivity contribution in [3.05, 3.63) is 40.4 Å². The van der Waals surface area contributed by atoms with Crippen molar-refractivity contribution in [2.24, 2.45) is 0 Å². The summed E-state index contributed by atoms with van der Waals surface area (Å²) >= 11 is 1.75. The van der Waals surface area contributed by atoms with Gasteiger partial charge >= 0.3 is 0 Å². The molecular formula is C17H24N2S. The van der Waals surface area contributed by atoms with Crippen LogP contribution in [-0.2, 0) is 6.54 Å². The Morgan fingerprint density at radius 3 is 2.60 bits per heavy atom. The van der Waals surface area contributed by atoms with E-state index in [1.165, 1.54) is 28.8 Å². The zero-order valence-corrected chi connectivity index (χ0v) is 13.8. The minimum absolute atomic E-state index is 0.964. The molecule has 0 N–H and O–H groups in total. The van der Waals surface area contributed by atoms with Gasteiger partial charge in [0.2, 0.25) is 0 Å². The molecule has 1 heterocycles. The van der Waals surface area contributed by atoms with Crippen molar-refractivity contribution < 1.29 is 0 Å². The Bertz CT molecular complexity index is 560. The smallest absolute Gasteiger partial charge is 0.123 e. The van der Waals surface area contributed by atoms with Crippen LogP contribution in [0.2, 0.25) is 0 Å². The summed E-state index contributed by atoms with van der Waals surface area (Å²) in [6.45, 7) is 11.9. The molecule has 2 rings (SSSR count). The van der Waals surface area contributed by atoms with Crippen molar-refractivity contribution in [2.75, 3.05) is 13.1 Å². The normalized spacial score (nSPS) is 11.2. The van der Waals surface area contributed by atoms with Crippen LogP contribution in [-0.4, -0.2) is 23.0 Å². The van der Waals surface area contributed by atoms with Crippen LogP contribution in [0.25, 0.3) is 10.6 Å². The Balaban J connectivity index is 2.13. The molecule has 0 aliphatic rings. The molecule has 0 spiro atoms. The lowest BCUT2D eigenvalue weighted by molar-refractivity contribution is 0.278. The average Bonchev–Trinajstić information content (AvgIpc) is 2.90. The SMILES string of the molecule is CCCN(CC)Cc1csc(-c2ccc(C)c(C)c2)n1. The van der Waals surface area contributed by atoms with Crippen LogP contribution >= 0.6 is 11.3 Å². The second-order valence-electron chi connectivity index (χ2n) is 5.31. The van der Waals surface area contributed by atoms with Crippen molar-refractivity contribution in [1.82, 2.24) is 9.88 Å². The van der Waals surface area contributed by atoms with E-state index in [2.05, 4.69) is 56.2 Å². The molecule has 0 saturated carbocycles. The Labute approximate surface area is 126 Å². The van der Waals surface area contributed by atoms with Crippen LogP contribution in [0, 0.1) is 13.8 Å². The Morgan fingerprint density at radius 2 is 1.95 bits per heavy atom. The van der Waals surface area contributed by atoms with E-state index >= 15 is 0 Å². The molecule has 1 aromatic carbocycles. The van der Waals surface area contributed by atoms with Crippen molar-refractivity contribution >= 4 is 11.3 Å². The van der Waals surface area contributed by atoms with E-state index in [0.29, 0.717) is 0 Å². The molecule has 0 fully saturated rings. The molecule has 0 aliphatic carbocycles. The van der Waals surface area contributed by atoms with E-state index < -0.39 is 0 Å². The van der Waals surface area contributed by atoms with Gasteiger partial charge in [-0.2, -0.15) is 0 Å². The van der Waals surface area contributed by atoms with Crippen LogP contribution in [0.15, 0.2) is 23.6 Å². The van der Waals surface area contributed by atoms with Crippen LogP contribution < -0.4 is 0 Å². The summed E-state index contributed by atoms with van der Waals surface area (Å²) in [4.78, 5) is 7.24. The van der Waals surface area contributed by atoms with Gasteiger partial charge in [-0.05, 0) is 50.6 Å². The van der Waals surface area contributed by atoms with Gasteiger partial charge in [0.1, 0.15) is 5.01 Å². The second-order valence-corrected chi connectivity index (χ2v) is 6.17. The molecule has 0 atom stereocenters. The molecule has 2 aromatic rings. The predicted octanol–water partition coefficient (Wildman–Crippen LogP) is 4.66. The van der Waals surface area contributed by atoms with Gasteiger partial charge in [0.05, 0.1) is 5.69 Å². The molecule has 0 saturated heterocycles. The molecule has 20 heavy (non-hydrogen) atoms. The highest BCUT2D eigenvalue weighted by molar-refractivity contribution is 7.13. The third-order valence-corrected chi connectivity index (χ3v) is 4.62. The van der Waals surface area contributed by atoms with E-state index in [9.17, 15) is 0 Å². The minimum Gasteiger partial charge on any atom is -0.298 e. The lowest BCUT2D eigenvalue weighted by atomic mass is 10.1. The largest absolute Gasteiger partial charge is 0.298 e. The predicted molar refractivity (Wildman–Crippen MR) is 88.3 cm³/mol. The quantitative estimate of drug-likeness (QED) is 0.768. The van der Waals surface area contributed by atoms with E-state index in [0.717, 1.165) is 24.6 Å². The average molecular weight is 288 g/mol. The number of benzene rings is 1. The first-order valence-electron chi connectivity index (χ1n) is 7.38. The van der Waals surface area contributed by atoms with Crippen LogP contribution in [0.4, 0.5) is 0 Å². The highest BCUT2D eigenvalue weighted by atomic mass is 32.1. The van der Waals surface area contributed by atoms with Crippen LogP contribution in [0.1, 0.15) is 37.1 Å². The van der Waals surface area contributed by atoms with Crippen molar-refractivity contribution in [2.45, 2.75) is 40.7 Å². The molecule has 0 bridgehead atoms. The third-order valence-electron chi connectivity index (χ3n) is 3.68. The summed E-state index contributed by atoms with van der Waals surface area (Å²) in [5.41, 5.74) is 5.10. The number of aromatic nitrogens is 1. The first-order valence-corrected chi connectivity index (χ1v) is 8.26. The molecule has 0 amide bonds. The standard InChI is InChI=1S/C17H24N2S/c1-5-9-19(6-2)11-16-12-20-17(18-16)15-8-7-13(3)14(4)10-15/h7-8,10,12H,5-6,9,11H2,1-4H3. The monoisotopic (exact) mass is 288 g/mol. The van der Waals surface area contributed by atoms with E-state index in [-0.39, 0.29) is 0 Å². The number of rotatable bonds is 6. The summed E-state index contributed by atoms with van der Waals surface area (Å²) < 4.78 is 0. The maximum Gasteiger partial charge on any atom is 0.123 e. The third kappa shape index (κ3) is 3.68. The number of thiazole rings is 1. The summed E-state index contributed by atoms with van der Waals surface area (Å²) in [6, 6.07) is 6.59. The fourth-order valence-corrected chi connectivity index (χ4v) is 3.09. The lowest BCUT2D eigenvalue weighted by Gasteiger charge is -2.17. The van der Waals surface area contributed by atoms with Crippen molar-refractivity contribution in [1.29, 1.82) is 0 Å². The Hall–Kier alpha value is -1.19. The molecule has 3 heteroatoms. The van der Waals surface area contributed by atoms with Gasteiger partial charge in [0.15, 0.2) is 0 Å². The van der Waals surface area contributed by atoms with Crippen LogP contribution in [0.5, 0.6) is 0 Å². The van der Waals surface area contributed by atoms with Gasteiger partial charge in [-0.15, -0.1) is 11.3 Å². The fourth-order valence-electron chi connectivity index (χ4n) is 2.28. The topological polar surface area (TPSA) is 16.1 Å². The van der Waals surface area contributed by atoms with Crippen LogP contribution in [0.3, 0.4) is 0 Å². The number of aryl methyl sites for hydroxylation is 2. The Morgan fingerprint density at radius 1 is 1.15 bits per heavy atom. The van der Waals surface area contributed by atoms with Gasteiger partial charge in [-0.1, -0.05) is 26.0 Å². The highest BCUT2D eigenvalue weighted by Crippen LogP contribution is 2.26. The highest BCUT2D eigenvalue weighted by Gasteiger charge is 2.08. The molecular weight excluding hydrogens is 264 g/mol. The van der Waals surface area contributed by atoms with Gasteiger partial charge in [0.25, 0.3) is 0 Å². The lowest BCUT2D eigenvalue weighted by Crippen LogP contribution is -2.23. The van der Waals surface area contributed by atoms with E-state index in [4.69, 9.17) is 4.98 Å². The molecule has 0 radical (unpaired) electrons. The Kier molecular flexibility index (Phi) is 5.32. The minimum atomic E-state index is 0.964.